The number of H-pyrrole nitrogens is 1. The van der Waals surface area contributed by atoms with Crippen molar-refractivity contribution in [3.05, 3.63) is 28.5 Å². The predicted molar refractivity (Wildman–Crippen MR) is 63.8 cm³/mol. The minimum absolute atomic E-state index is 0.407. The van der Waals surface area contributed by atoms with E-state index in [1.54, 1.807) is 0 Å². The predicted octanol–water partition coefficient (Wildman–Crippen LogP) is 2.75. The largest absolute Gasteiger partial charge is 0.341 e. The molecule has 0 amide bonds. The van der Waals surface area contributed by atoms with Gasteiger partial charge in [0.1, 0.15) is 11.3 Å². The maximum Gasteiger partial charge on any atom is 0.124 e. The van der Waals surface area contributed by atoms with E-state index >= 15 is 0 Å². The van der Waals surface area contributed by atoms with Gasteiger partial charge in [0, 0.05) is 4.47 Å². The van der Waals surface area contributed by atoms with Gasteiger partial charge in [0.2, 0.25) is 0 Å². The minimum Gasteiger partial charge on any atom is -0.341 e. The third kappa shape index (κ3) is 1.58. The summed E-state index contributed by atoms with van der Waals surface area (Å²) in [6.07, 6.45) is 2.42. The first-order chi connectivity index (χ1) is 7.34. The highest BCUT2D eigenvalue weighted by Crippen LogP contribution is 2.26. The Morgan fingerprint density at radius 3 is 3.07 bits per heavy atom. The van der Waals surface area contributed by atoms with E-state index in [9.17, 15) is 0 Å². The second kappa shape index (κ2) is 3.61. The van der Waals surface area contributed by atoms with E-state index in [0.717, 1.165) is 27.9 Å². The molecule has 3 nitrogen and oxygen atoms in total. The summed E-state index contributed by atoms with van der Waals surface area (Å²) < 4.78 is 1.06. The summed E-state index contributed by atoms with van der Waals surface area (Å²) >= 11 is 3.52. The van der Waals surface area contributed by atoms with Crippen LogP contribution in [0.3, 0.4) is 0 Å². The van der Waals surface area contributed by atoms with Gasteiger partial charge in [-0.05, 0) is 47.4 Å². The van der Waals surface area contributed by atoms with Crippen molar-refractivity contribution in [2.24, 2.45) is 0 Å². The van der Waals surface area contributed by atoms with Gasteiger partial charge in [-0.2, -0.15) is 0 Å². The fourth-order valence-corrected chi connectivity index (χ4v) is 2.55. The highest BCUT2D eigenvalue weighted by atomic mass is 79.9. The molecule has 1 aromatic carbocycles. The van der Waals surface area contributed by atoms with Crippen molar-refractivity contribution < 1.29 is 0 Å². The summed E-state index contributed by atoms with van der Waals surface area (Å²) in [6, 6.07) is 6.51. The minimum atomic E-state index is 0.407. The number of imidazole rings is 1. The molecule has 1 aliphatic rings. The van der Waals surface area contributed by atoms with Gasteiger partial charge in [-0.3, -0.25) is 0 Å². The molecule has 0 bridgehead atoms. The second-order valence-corrected chi connectivity index (χ2v) is 4.76. The molecule has 1 saturated heterocycles. The molecule has 1 atom stereocenters. The molecular formula is C11H12BrN3. The van der Waals surface area contributed by atoms with Crippen LogP contribution in [0.2, 0.25) is 0 Å². The van der Waals surface area contributed by atoms with Gasteiger partial charge < -0.3 is 10.3 Å². The fourth-order valence-electron chi connectivity index (χ4n) is 2.10. The zero-order valence-electron chi connectivity index (χ0n) is 8.26. The van der Waals surface area contributed by atoms with Crippen LogP contribution in [-0.4, -0.2) is 16.5 Å². The summed E-state index contributed by atoms with van der Waals surface area (Å²) in [5.41, 5.74) is 2.13. The number of halogens is 1. The highest BCUT2D eigenvalue weighted by molar-refractivity contribution is 9.10. The summed E-state index contributed by atoms with van der Waals surface area (Å²) in [5.74, 6) is 1.06. The number of hydrogen-bond donors (Lipinski definition) is 2. The van der Waals surface area contributed by atoms with Crippen LogP contribution >= 0.6 is 15.9 Å². The standard InChI is InChI=1S/C11H12BrN3/c12-7-3-1-4-8-10(7)15-11(14-8)9-5-2-6-13-9/h1,3-4,9,13H,2,5-6H2,(H,14,15). The van der Waals surface area contributed by atoms with Crippen molar-refractivity contribution in [2.75, 3.05) is 6.54 Å². The van der Waals surface area contributed by atoms with Crippen molar-refractivity contribution in [3.63, 3.8) is 0 Å². The van der Waals surface area contributed by atoms with Crippen LogP contribution in [0.15, 0.2) is 22.7 Å². The lowest BCUT2D eigenvalue weighted by Crippen LogP contribution is -2.13. The summed E-state index contributed by atoms with van der Waals surface area (Å²) in [4.78, 5) is 8.00. The lowest BCUT2D eigenvalue weighted by Gasteiger charge is -2.04. The van der Waals surface area contributed by atoms with E-state index < -0.39 is 0 Å². The molecule has 3 rings (SSSR count). The Labute approximate surface area is 96.4 Å². The molecule has 78 valence electrons. The van der Waals surface area contributed by atoms with E-state index in [1.807, 2.05) is 12.1 Å². The molecule has 0 saturated carbocycles. The number of fused-ring (bicyclic) bond motifs is 1. The van der Waals surface area contributed by atoms with Gasteiger partial charge in [-0.25, -0.2) is 4.98 Å². The Morgan fingerprint density at radius 1 is 1.40 bits per heavy atom. The molecule has 1 unspecified atom stereocenters. The van der Waals surface area contributed by atoms with Crippen LogP contribution in [-0.2, 0) is 0 Å². The number of rotatable bonds is 1. The zero-order chi connectivity index (χ0) is 10.3. The molecule has 1 aliphatic heterocycles. The van der Waals surface area contributed by atoms with Crippen molar-refractivity contribution >= 4 is 27.0 Å². The van der Waals surface area contributed by atoms with E-state index in [-0.39, 0.29) is 0 Å². The molecule has 2 N–H and O–H groups in total. The molecule has 1 aromatic heterocycles. The summed E-state index contributed by atoms with van der Waals surface area (Å²) in [7, 11) is 0. The number of aromatic amines is 1. The maximum atomic E-state index is 4.63. The summed E-state index contributed by atoms with van der Waals surface area (Å²) in [6.45, 7) is 1.10. The SMILES string of the molecule is Brc1cccc2[nH]c(C3CCCN3)nc12. The van der Waals surface area contributed by atoms with Gasteiger partial charge in [-0.15, -0.1) is 0 Å². The van der Waals surface area contributed by atoms with E-state index in [2.05, 4.69) is 37.3 Å². The zero-order valence-corrected chi connectivity index (χ0v) is 9.84. The van der Waals surface area contributed by atoms with Crippen molar-refractivity contribution in [3.8, 4) is 0 Å². The smallest absolute Gasteiger partial charge is 0.124 e. The van der Waals surface area contributed by atoms with Crippen LogP contribution in [0, 0.1) is 0 Å². The number of para-hydroxylation sites is 1. The molecule has 0 spiro atoms. The fraction of sp³-hybridized carbons (Fsp3) is 0.364. The molecule has 0 aliphatic carbocycles. The molecule has 0 radical (unpaired) electrons. The van der Waals surface area contributed by atoms with E-state index in [4.69, 9.17) is 0 Å². The number of hydrogen-bond acceptors (Lipinski definition) is 2. The third-order valence-electron chi connectivity index (χ3n) is 2.87. The Hall–Kier alpha value is -0.870. The Balaban J connectivity index is 2.09. The maximum absolute atomic E-state index is 4.63. The lowest BCUT2D eigenvalue weighted by molar-refractivity contribution is 0.614. The molecule has 1 fully saturated rings. The Morgan fingerprint density at radius 2 is 2.33 bits per heavy atom. The van der Waals surface area contributed by atoms with E-state index in [0.29, 0.717) is 6.04 Å². The van der Waals surface area contributed by atoms with Gasteiger partial charge in [-0.1, -0.05) is 6.07 Å². The van der Waals surface area contributed by atoms with Crippen molar-refractivity contribution in [2.45, 2.75) is 18.9 Å². The van der Waals surface area contributed by atoms with Crippen molar-refractivity contribution in [1.82, 2.24) is 15.3 Å². The number of aromatic nitrogens is 2. The Kier molecular flexibility index (Phi) is 2.25. The van der Waals surface area contributed by atoms with Gasteiger partial charge in [0.15, 0.2) is 0 Å². The second-order valence-electron chi connectivity index (χ2n) is 3.91. The molecule has 2 heterocycles. The van der Waals surface area contributed by atoms with Crippen LogP contribution in [0.5, 0.6) is 0 Å². The van der Waals surface area contributed by atoms with Gasteiger partial charge in [0.25, 0.3) is 0 Å². The highest BCUT2D eigenvalue weighted by Gasteiger charge is 2.19. The normalized spacial score (nSPS) is 21.3. The van der Waals surface area contributed by atoms with Crippen LogP contribution in [0.25, 0.3) is 11.0 Å². The molecule has 4 heteroatoms. The summed E-state index contributed by atoms with van der Waals surface area (Å²) in [5, 5.41) is 3.44. The average molecular weight is 266 g/mol. The quantitative estimate of drug-likeness (QED) is 0.833. The molecule has 15 heavy (non-hydrogen) atoms. The first-order valence-electron chi connectivity index (χ1n) is 5.22. The van der Waals surface area contributed by atoms with Crippen LogP contribution in [0.4, 0.5) is 0 Å². The topological polar surface area (TPSA) is 40.7 Å². The number of nitrogens with zero attached hydrogens (tertiary/aromatic N) is 1. The van der Waals surface area contributed by atoms with Gasteiger partial charge >= 0.3 is 0 Å². The molecule has 2 aromatic rings. The molecular weight excluding hydrogens is 254 g/mol. The first-order valence-corrected chi connectivity index (χ1v) is 6.01. The third-order valence-corrected chi connectivity index (χ3v) is 3.51. The monoisotopic (exact) mass is 265 g/mol. The van der Waals surface area contributed by atoms with E-state index in [1.165, 1.54) is 12.8 Å². The van der Waals surface area contributed by atoms with Gasteiger partial charge in [0.05, 0.1) is 11.6 Å². The van der Waals surface area contributed by atoms with Crippen molar-refractivity contribution in [1.29, 1.82) is 0 Å². The number of benzene rings is 1. The first kappa shape index (κ1) is 9.36. The lowest BCUT2D eigenvalue weighted by atomic mass is 10.2. The average Bonchev–Trinajstić information content (AvgIpc) is 2.86. The number of nitrogens with one attached hydrogen (secondary N) is 2. The van der Waals surface area contributed by atoms with Crippen LogP contribution < -0.4 is 5.32 Å². The Bertz CT molecular complexity index is 486. The van der Waals surface area contributed by atoms with Crippen LogP contribution in [0.1, 0.15) is 24.7 Å².